The maximum absolute atomic E-state index is 13.8. The van der Waals surface area contributed by atoms with Crippen molar-refractivity contribution in [1.29, 1.82) is 0 Å². The van der Waals surface area contributed by atoms with Gasteiger partial charge in [-0.1, -0.05) is 31.4 Å². The summed E-state index contributed by atoms with van der Waals surface area (Å²) in [6.45, 7) is 0.152. The third kappa shape index (κ3) is 6.31. The van der Waals surface area contributed by atoms with E-state index in [1.807, 2.05) is 0 Å². The van der Waals surface area contributed by atoms with E-state index in [4.69, 9.17) is 15.6 Å². The van der Waals surface area contributed by atoms with Crippen LogP contribution in [0.15, 0.2) is 36.4 Å². The van der Waals surface area contributed by atoms with Crippen molar-refractivity contribution in [2.45, 2.75) is 69.7 Å². The Hall–Kier alpha value is -2.78. The van der Waals surface area contributed by atoms with Gasteiger partial charge >= 0.3 is 12.1 Å². The number of carboxylic acid groups (broad SMARTS) is 1. The van der Waals surface area contributed by atoms with Crippen LogP contribution in [0.4, 0.5) is 18.9 Å². The number of carbonyl (C=O) groups excluding carboxylic acids is 1. The number of aliphatic carboxylic acids is 1. The molecule has 196 valence electrons. The molecule has 3 N–H and O–H groups in total. The molecule has 2 aromatic carbocycles. The summed E-state index contributed by atoms with van der Waals surface area (Å²) in [7, 11) is 0. The average molecular weight is 527 g/mol. The number of hydrogen-bond donors (Lipinski definition) is 2. The van der Waals surface area contributed by atoms with Gasteiger partial charge in [-0.15, -0.1) is 12.4 Å². The average Bonchev–Trinajstić information content (AvgIpc) is 3.26. The molecule has 0 saturated heterocycles. The highest BCUT2D eigenvalue weighted by Gasteiger charge is 2.34. The second-order valence-electron chi connectivity index (χ2n) is 9.27. The van der Waals surface area contributed by atoms with Crippen LogP contribution >= 0.6 is 12.4 Å². The maximum atomic E-state index is 13.8. The third-order valence-corrected chi connectivity index (χ3v) is 6.87. The van der Waals surface area contributed by atoms with Gasteiger partial charge < -0.3 is 20.5 Å². The molecule has 1 amide bonds. The van der Waals surface area contributed by atoms with Gasteiger partial charge in [0, 0.05) is 17.8 Å². The Morgan fingerprint density at radius 3 is 2.50 bits per heavy atom. The molecule has 0 aromatic heterocycles. The zero-order valence-electron chi connectivity index (χ0n) is 19.7. The molecule has 4 rings (SSSR count). The van der Waals surface area contributed by atoms with Crippen molar-refractivity contribution >= 4 is 30.0 Å². The van der Waals surface area contributed by atoms with Crippen molar-refractivity contribution in [2.75, 3.05) is 11.4 Å². The zero-order valence-corrected chi connectivity index (χ0v) is 20.5. The molecule has 1 fully saturated rings. The quantitative estimate of drug-likeness (QED) is 0.501. The first-order chi connectivity index (χ1) is 16.6. The highest BCUT2D eigenvalue weighted by atomic mass is 35.5. The lowest BCUT2D eigenvalue weighted by Gasteiger charge is -2.24. The molecular formula is C26H30ClF3N2O4. The van der Waals surface area contributed by atoms with E-state index in [9.17, 15) is 22.8 Å². The van der Waals surface area contributed by atoms with E-state index in [2.05, 4.69) is 0 Å². The number of rotatable bonds is 7. The van der Waals surface area contributed by atoms with Gasteiger partial charge in [-0.2, -0.15) is 13.2 Å². The first-order valence-corrected chi connectivity index (χ1v) is 11.9. The van der Waals surface area contributed by atoms with Gasteiger partial charge in [-0.05, 0) is 60.6 Å². The fourth-order valence-electron chi connectivity index (χ4n) is 4.95. The largest absolute Gasteiger partial charge is 0.489 e. The standard InChI is InChI=1S/C26H29F3N2O4.ClH/c27-26(28,29)21-13-17(16-4-2-1-3-5-16)6-7-19(21)15-35-20-8-9-23-18(12-20)10-11-31(23)24(32)14-22(30)25(33)34;/h6-9,12-13,16,22H,1-5,10-11,14-15,30H2,(H,33,34);1H/t22-;/m1./s1. The van der Waals surface area contributed by atoms with Gasteiger partial charge in [0.1, 0.15) is 18.4 Å². The summed E-state index contributed by atoms with van der Waals surface area (Å²) in [5.41, 5.74) is 7.07. The number of carboxylic acids is 1. The minimum atomic E-state index is -4.47. The van der Waals surface area contributed by atoms with Crippen LogP contribution in [0.1, 0.15) is 66.7 Å². The van der Waals surface area contributed by atoms with Crippen LogP contribution in [0.2, 0.25) is 0 Å². The topological polar surface area (TPSA) is 92.9 Å². The van der Waals surface area contributed by atoms with E-state index >= 15 is 0 Å². The van der Waals surface area contributed by atoms with Crippen LogP contribution in [0.25, 0.3) is 0 Å². The number of benzene rings is 2. The number of alkyl halides is 3. The first kappa shape index (κ1) is 27.8. The summed E-state index contributed by atoms with van der Waals surface area (Å²) in [5, 5.41) is 8.93. The van der Waals surface area contributed by atoms with Crippen LogP contribution in [0.5, 0.6) is 5.75 Å². The molecule has 6 nitrogen and oxygen atoms in total. The summed E-state index contributed by atoms with van der Waals surface area (Å²) in [4.78, 5) is 24.8. The van der Waals surface area contributed by atoms with Crippen LogP contribution in [-0.2, 0) is 28.8 Å². The van der Waals surface area contributed by atoms with Crippen LogP contribution in [-0.4, -0.2) is 29.6 Å². The molecule has 10 heteroatoms. The summed E-state index contributed by atoms with van der Waals surface area (Å²) in [6, 6.07) is 8.29. The molecule has 1 heterocycles. The van der Waals surface area contributed by atoms with E-state index in [0.717, 1.165) is 43.2 Å². The normalized spacial score (nSPS) is 16.7. The SMILES string of the molecule is Cl.N[C@H](CC(=O)N1CCc2cc(OCc3ccc(C4CCCCC4)cc3C(F)(F)F)ccc21)C(=O)O. The fourth-order valence-corrected chi connectivity index (χ4v) is 4.95. The summed E-state index contributed by atoms with van der Waals surface area (Å²) >= 11 is 0. The molecule has 1 saturated carbocycles. The minimum Gasteiger partial charge on any atom is -0.489 e. The number of nitrogens with two attached hydrogens (primary N) is 1. The highest BCUT2D eigenvalue weighted by Crippen LogP contribution is 2.39. The second kappa shape index (κ2) is 11.5. The van der Waals surface area contributed by atoms with Gasteiger partial charge in [0.25, 0.3) is 0 Å². The highest BCUT2D eigenvalue weighted by molar-refractivity contribution is 5.97. The molecule has 2 aliphatic rings. The van der Waals surface area contributed by atoms with Crippen molar-refractivity contribution < 1.29 is 32.6 Å². The summed E-state index contributed by atoms with van der Waals surface area (Å²) in [5.74, 6) is -1.05. The van der Waals surface area contributed by atoms with E-state index in [-0.39, 0.29) is 42.8 Å². The maximum Gasteiger partial charge on any atom is 0.416 e. The van der Waals surface area contributed by atoms with E-state index in [1.165, 1.54) is 17.0 Å². The Labute approximate surface area is 214 Å². The van der Waals surface area contributed by atoms with Crippen LogP contribution in [0.3, 0.4) is 0 Å². The van der Waals surface area contributed by atoms with Crippen LogP contribution in [0, 0.1) is 0 Å². The lowest BCUT2D eigenvalue weighted by atomic mass is 9.83. The van der Waals surface area contributed by atoms with E-state index < -0.39 is 23.8 Å². The molecule has 1 aliphatic carbocycles. The van der Waals surface area contributed by atoms with Crippen LogP contribution < -0.4 is 15.4 Å². The molecule has 1 aliphatic heterocycles. The van der Waals surface area contributed by atoms with Crippen molar-refractivity contribution in [3.63, 3.8) is 0 Å². The number of amides is 1. The Kier molecular flexibility index (Phi) is 8.89. The predicted molar refractivity (Wildman–Crippen MR) is 132 cm³/mol. The number of hydrogen-bond acceptors (Lipinski definition) is 4. The molecule has 0 bridgehead atoms. The van der Waals surface area contributed by atoms with E-state index in [0.29, 0.717) is 24.4 Å². The predicted octanol–water partition coefficient (Wildman–Crippen LogP) is 5.45. The molecular weight excluding hydrogens is 497 g/mol. The number of ether oxygens (including phenoxy) is 1. The molecule has 2 aromatic rings. The van der Waals surface area contributed by atoms with Gasteiger partial charge in [-0.3, -0.25) is 9.59 Å². The molecule has 36 heavy (non-hydrogen) atoms. The number of anilines is 1. The molecule has 0 unspecified atom stereocenters. The van der Waals surface area contributed by atoms with Gasteiger partial charge in [-0.25, -0.2) is 0 Å². The van der Waals surface area contributed by atoms with Crippen molar-refractivity contribution in [3.05, 3.63) is 58.7 Å². The van der Waals surface area contributed by atoms with Crippen molar-refractivity contribution in [3.8, 4) is 5.75 Å². The van der Waals surface area contributed by atoms with Crippen molar-refractivity contribution in [1.82, 2.24) is 0 Å². The Morgan fingerprint density at radius 2 is 1.83 bits per heavy atom. The molecule has 0 radical (unpaired) electrons. The van der Waals surface area contributed by atoms with Crippen molar-refractivity contribution in [2.24, 2.45) is 5.73 Å². The minimum absolute atomic E-state index is 0. The van der Waals surface area contributed by atoms with Gasteiger partial charge in [0.05, 0.1) is 12.0 Å². The third-order valence-electron chi connectivity index (χ3n) is 6.87. The summed E-state index contributed by atoms with van der Waals surface area (Å²) < 4.78 is 47.2. The fraction of sp³-hybridized carbons (Fsp3) is 0.462. The Balaban J connectivity index is 0.00000361. The lowest BCUT2D eigenvalue weighted by molar-refractivity contribution is -0.140. The zero-order chi connectivity index (χ0) is 25.2. The number of nitrogens with zero attached hydrogens (tertiary/aromatic N) is 1. The van der Waals surface area contributed by atoms with Gasteiger partial charge in [0.2, 0.25) is 5.91 Å². The van der Waals surface area contributed by atoms with E-state index in [1.54, 1.807) is 24.3 Å². The van der Waals surface area contributed by atoms with Gasteiger partial charge in [0.15, 0.2) is 0 Å². The molecule has 0 spiro atoms. The monoisotopic (exact) mass is 526 g/mol. The Morgan fingerprint density at radius 1 is 1.11 bits per heavy atom. The molecule has 1 atom stereocenters. The number of carbonyl (C=O) groups is 2. The smallest absolute Gasteiger partial charge is 0.416 e. The number of halogens is 4. The number of fused-ring (bicyclic) bond motifs is 1. The Bertz CT molecular complexity index is 1100. The first-order valence-electron chi connectivity index (χ1n) is 11.9. The second-order valence-corrected chi connectivity index (χ2v) is 9.27. The lowest BCUT2D eigenvalue weighted by Crippen LogP contribution is -2.38. The summed E-state index contributed by atoms with van der Waals surface area (Å²) in [6.07, 6.45) is 0.813.